The zero-order valence-corrected chi connectivity index (χ0v) is 16.8. The second-order valence-electron chi connectivity index (χ2n) is 6.91. The van der Waals surface area contributed by atoms with Crippen molar-refractivity contribution in [3.05, 3.63) is 71.8 Å². The fourth-order valence-electron chi connectivity index (χ4n) is 3.03. The lowest BCUT2D eigenvalue weighted by Gasteiger charge is -2.25. The van der Waals surface area contributed by atoms with Crippen molar-refractivity contribution in [2.75, 3.05) is 13.7 Å². The predicted molar refractivity (Wildman–Crippen MR) is 110 cm³/mol. The molecule has 0 aromatic heterocycles. The number of imide groups is 1. The summed E-state index contributed by atoms with van der Waals surface area (Å²) in [5.74, 6) is -0.134. The van der Waals surface area contributed by atoms with E-state index in [4.69, 9.17) is 20.0 Å². The highest BCUT2D eigenvalue weighted by atomic mass is 16.7. The molecule has 8 heteroatoms. The topological polar surface area (TPSA) is 103 Å². The smallest absolute Gasteiger partial charge is 0.417 e. The molecule has 0 fully saturated rings. The zero-order chi connectivity index (χ0) is 21.3. The van der Waals surface area contributed by atoms with Gasteiger partial charge in [0.25, 0.3) is 0 Å². The highest BCUT2D eigenvalue weighted by molar-refractivity contribution is 5.95. The van der Waals surface area contributed by atoms with Gasteiger partial charge in [0, 0.05) is 0 Å². The summed E-state index contributed by atoms with van der Waals surface area (Å²) in [7, 11) is 1.48. The predicted octanol–water partition coefficient (Wildman–Crippen LogP) is 2.47. The summed E-state index contributed by atoms with van der Waals surface area (Å²) in [6.07, 6.45) is -0.646. The average Bonchev–Trinajstić information content (AvgIpc) is 3.24. The standard InChI is InChI=1S/C22H25N3O5/c1-28-20-13-18(30-24-20)14-25(22(27)29-15-17-10-6-3-7-11-17)21(26)19(23)12-16-8-4-2-5-9-16/h2-11,18-19H,12-15,23H2,1H3/t18?,19-/m1/s1. The number of methoxy groups -OCH3 is 1. The Kier molecular flexibility index (Phi) is 7.40. The Hall–Kier alpha value is -3.39. The van der Waals surface area contributed by atoms with Crippen molar-refractivity contribution >= 4 is 17.9 Å². The molecule has 1 aliphatic heterocycles. The first-order valence-electron chi connectivity index (χ1n) is 9.65. The monoisotopic (exact) mass is 411 g/mol. The van der Waals surface area contributed by atoms with Crippen LogP contribution in [-0.4, -0.2) is 48.6 Å². The molecule has 1 aliphatic rings. The molecule has 30 heavy (non-hydrogen) atoms. The van der Waals surface area contributed by atoms with E-state index in [0.717, 1.165) is 16.0 Å². The van der Waals surface area contributed by atoms with Gasteiger partial charge >= 0.3 is 6.09 Å². The first-order valence-corrected chi connectivity index (χ1v) is 9.65. The van der Waals surface area contributed by atoms with E-state index >= 15 is 0 Å². The molecule has 1 heterocycles. The van der Waals surface area contributed by atoms with Crippen molar-refractivity contribution in [1.29, 1.82) is 0 Å². The van der Waals surface area contributed by atoms with Crippen LogP contribution in [0.1, 0.15) is 17.5 Å². The van der Waals surface area contributed by atoms with E-state index in [0.29, 0.717) is 18.7 Å². The van der Waals surface area contributed by atoms with Gasteiger partial charge in [-0.2, -0.15) is 0 Å². The molecule has 3 rings (SSSR count). The number of oxime groups is 1. The van der Waals surface area contributed by atoms with Crippen LogP contribution in [0.5, 0.6) is 0 Å². The van der Waals surface area contributed by atoms with Crippen LogP contribution in [0, 0.1) is 0 Å². The minimum Gasteiger partial charge on any atom is -0.482 e. The van der Waals surface area contributed by atoms with E-state index in [-0.39, 0.29) is 13.2 Å². The molecule has 0 aliphatic carbocycles. The van der Waals surface area contributed by atoms with Gasteiger partial charge in [-0.15, -0.1) is 0 Å². The number of rotatable bonds is 7. The molecule has 0 saturated heterocycles. The van der Waals surface area contributed by atoms with E-state index in [1.807, 2.05) is 60.7 Å². The fourth-order valence-corrected chi connectivity index (χ4v) is 3.03. The minimum absolute atomic E-state index is 0.0364. The normalized spacial score (nSPS) is 16.2. The molecule has 2 amide bonds. The highest BCUT2D eigenvalue weighted by Gasteiger charge is 2.33. The third-order valence-electron chi connectivity index (χ3n) is 4.63. The summed E-state index contributed by atoms with van der Waals surface area (Å²) in [4.78, 5) is 32.0. The van der Waals surface area contributed by atoms with Crippen molar-refractivity contribution in [2.45, 2.75) is 31.6 Å². The number of nitrogens with two attached hydrogens (primary N) is 1. The molecule has 2 atom stereocenters. The van der Waals surface area contributed by atoms with E-state index < -0.39 is 24.1 Å². The van der Waals surface area contributed by atoms with Crippen LogP contribution in [0.15, 0.2) is 65.8 Å². The number of nitrogens with zero attached hydrogens (tertiary/aromatic N) is 2. The van der Waals surface area contributed by atoms with Crippen molar-refractivity contribution in [2.24, 2.45) is 10.9 Å². The zero-order valence-electron chi connectivity index (χ0n) is 16.8. The summed E-state index contributed by atoms with van der Waals surface area (Å²) in [6.45, 7) is 0.00796. The summed E-state index contributed by atoms with van der Waals surface area (Å²) in [5.41, 5.74) is 7.84. The summed E-state index contributed by atoms with van der Waals surface area (Å²) < 4.78 is 10.4. The number of benzene rings is 2. The molecule has 0 radical (unpaired) electrons. The van der Waals surface area contributed by atoms with Gasteiger partial charge in [0.05, 0.1) is 26.1 Å². The van der Waals surface area contributed by atoms with Crippen LogP contribution in [0.3, 0.4) is 0 Å². The van der Waals surface area contributed by atoms with E-state index in [2.05, 4.69) is 5.16 Å². The molecule has 0 saturated carbocycles. The quantitative estimate of drug-likeness (QED) is 0.751. The van der Waals surface area contributed by atoms with E-state index in [1.54, 1.807) is 0 Å². The molecule has 158 valence electrons. The second kappa shape index (κ2) is 10.4. The van der Waals surface area contributed by atoms with Gasteiger partial charge in [-0.3, -0.25) is 4.79 Å². The number of hydrogen-bond donors (Lipinski definition) is 1. The maximum Gasteiger partial charge on any atom is 0.417 e. The fraction of sp³-hybridized carbons (Fsp3) is 0.318. The van der Waals surface area contributed by atoms with Crippen LogP contribution in [0.25, 0.3) is 0 Å². The molecule has 2 aromatic rings. The number of ether oxygens (including phenoxy) is 2. The van der Waals surface area contributed by atoms with Gasteiger partial charge < -0.3 is 20.0 Å². The Balaban J connectivity index is 1.67. The van der Waals surface area contributed by atoms with Crippen molar-refractivity contribution in [3.8, 4) is 0 Å². The molecule has 0 spiro atoms. The third kappa shape index (κ3) is 5.81. The van der Waals surface area contributed by atoms with Gasteiger partial charge in [0.15, 0.2) is 6.10 Å². The number of carbonyl (C=O) groups is 2. The minimum atomic E-state index is -0.902. The van der Waals surface area contributed by atoms with Crippen molar-refractivity contribution in [3.63, 3.8) is 0 Å². The lowest BCUT2D eigenvalue weighted by molar-refractivity contribution is -0.132. The van der Waals surface area contributed by atoms with Gasteiger partial charge in [0.2, 0.25) is 11.8 Å². The first-order chi connectivity index (χ1) is 14.6. The molecular formula is C22H25N3O5. The van der Waals surface area contributed by atoms with Crippen LogP contribution < -0.4 is 5.73 Å². The van der Waals surface area contributed by atoms with E-state index in [1.165, 1.54) is 7.11 Å². The van der Waals surface area contributed by atoms with Crippen LogP contribution in [0.2, 0.25) is 0 Å². The van der Waals surface area contributed by atoms with Crippen LogP contribution in [0.4, 0.5) is 4.79 Å². The number of amides is 2. The Morgan fingerprint density at radius 1 is 1.13 bits per heavy atom. The molecule has 0 bridgehead atoms. The molecule has 2 aromatic carbocycles. The maximum absolute atomic E-state index is 13.0. The summed E-state index contributed by atoms with van der Waals surface area (Å²) >= 11 is 0. The number of carbonyl (C=O) groups excluding carboxylic acids is 2. The van der Waals surface area contributed by atoms with Gasteiger partial charge in [-0.05, 0) is 17.5 Å². The Bertz CT molecular complexity index is 873. The highest BCUT2D eigenvalue weighted by Crippen LogP contribution is 2.15. The molecule has 1 unspecified atom stereocenters. The number of hydrogen-bond acceptors (Lipinski definition) is 7. The largest absolute Gasteiger partial charge is 0.482 e. The van der Waals surface area contributed by atoms with Gasteiger partial charge in [-0.25, -0.2) is 9.69 Å². The first kappa shape index (κ1) is 21.3. The van der Waals surface area contributed by atoms with Crippen molar-refractivity contribution < 1.29 is 23.9 Å². The second-order valence-corrected chi connectivity index (χ2v) is 6.91. The van der Waals surface area contributed by atoms with E-state index in [9.17, 15) is 9.59 Å². The van der Waals surface area contributed by atoms with Crippen LogP contribution >= 0.6 is 0 Å². The third-order valence-corrected chi connectivity index (χ3v) is 4.63. The Labute approximate surface area is 175 Å². The molecular weight excluding hydrogens is 386 g/mol. The molecule has 8 nitrogen and oxygen atoms in total. The van der Waals surface area contributed by atoms with Gasteiger partial charge in [0.1, 0.15) is 6.61 Å². The Morgan fingerprint density at radius 2 is 1.77 bits per heavy atom. The average molecular weight is 411 g/mol. The summed E-state index contributed by atoms with van der Waals surface area (Å²) in [5, 5.41) is 3.79. The molecule has 2 N–H and O–H groups in total. The van der Waals surface area contributed by atoms with Gasteiger partial charge in [-0.1, -0.05) is 65.8 Å². The SMILES string of the molecule is COC1=NOC(CN(C(=O)OCc2ccccc2)C(=O)[C@H](N)Cc2ccccc2)C1. The Morgan fingerprint density at radius 3 is 2.37 bits per heavy atom. The lowest BCUT2D eigenvalue weighted by Crippen LogP contribution is -2.50. The van der Waals surface area contributed by atoms with Crippen molar-refractivity contribution in [1.82, 2.24) is 4.90 Å². The van der Waals surface area contributed by atoms with Crippen LogP contribution in [-0.2, 0) is 32.1 Å². The maximum atomic E-state index is 13.0. The lowest BCUT2D eigenvalue weighted by atomic mass is 10.1. The summed E-state index contributed by atoms with van der Waals surface area (Å²) in [6, 6.07) is 17.7.